The van der Waals surface area contributed by atoms with Crippen LogP contribution in [0.3, 0.4) is 0 Å². The van der Waals surface area contributed by atoms with Crippen LogP contribution < -0.4 is 4.74 Å². The lowest BCUT2D eigenvalue weighted by Crippen LogP contribution is -2.36. The number of nitrogens with zero attached hydrogens (tertiary/aromatic N) is 5. The number of aromatic nitrogens is 5. The first-order chi connectivity index (χ1) is 17.1. The number of ether oxygens (including phenoxy) is 1. The van der Waals surface area contributed by atoms with Crippen molar-refractivity contribution in [1.29, 1.82) is 0 Å². The van der Waals surface area contributed by atoms with E-state index < -0.39 is 0 Å². The molecule has 1 fully saturated rings. The number of pyridine rings is 1. The number of methoxy groups -OCH3 is 1. The first-order valence-electron chi connectivity index (χ1n) is 11.9. The summed E-state index contributed by atoms with van der Waals surface area (Å²) in [4.78, 5) is 20.3. The SMILES string of the molecule is COc1c(C)nc(C)c(C(=O)N2CCCCC2)c1-c1ccc(-c2ccccc2-c2nn[nH]n2)cc1. The van der Waals surface area contributed by atoms with Crippen molar-refractivity contribution in [2.45, 2.75) is 33.1 Å². The lowest BCUT2D eigenvalue weighted by molar-refractivity contribution is 0.0723. The van der Waals surface area contributed by atoms with E-state index in [-0.39, 0.29) is 5.91 Å². The number of rotatable bonds is 5. The molecule has 1 N–H and O–H groups in total. The fourth-order valence-corrected chi connectivity index (χ4v) is 4.90. The lowest BCUT2D eigenvalue weighted by atomic mass is 9.92. The number of piperidine rings is 1. The van der Waals surface area contributed by atoms with Crippen molar-refractivity contribution < 1.29 is 9.53 Å². The van der Waals surface area contributed by atoms with Crippen LogP contribution in [0.4, 0.5) is 0 Å². The molecule has 5 rings (SSSR count). The third-order valence-electron chi connectivity index (χ3n) is 6.56. The van der Waals surface area contributed by atoms with Crippen molar-refractivity contribution in [3.8, 4) is 39.4 Å². The van der Waals surface area contributed by atoms with Crippen LogP contribution in [0.5, 0.6) is 5.75 Å². The molecule has 0 radical (unpaired) electrons. The Bertz CT molecular complexity index is 1340. The Morgan fingerprint density at radius 3 is 2.26 bits per heavy atom. The Morgan fingerprint density at radius 1 is 0.914 bits per heavy atom. The number of likely N-dealkylation sites (tertiary alicyclic amines) is 1. The van der Waals surface area contributed by atoms with Gasteiger partial charge in [-0.2, -0.15) is 5.21 Å². The predicted molar refractivity (Wildman–Crippen MR) is 134 cm³/mol. The van der Waals surface area contributed by atoms with Gasteiger partial charge >= 0.3 is 0 Å². The van der Waals surface area contributed by atoms with E-state index in [0.29, 0.717) is 17.1 Å². The summed E-state index contributed by atoms with van der Waals surface area (Å²) in [7, 11) is 1.63. The van der Waals surface area contributed by atoms with E-state index in [1.807, 2.05) is 67.3 Å². The fraction of sp³-hybridized carbons (Fsp3) is 0.296. The first-order valence-corrected chi connectivity index (χ1v) is 11.9. The van der Waals surface area contributed by atoms with E-state index in [0.717, 1.165) is 71.6 Å². The van der Waals surface area contributed by atoms with Crippen LogP contribution in [0.1, 0.15) is 41.0 Å². The first kappa shape index (κ1) is 22.7. The molecule has 2 aromatic carbocycles. The molecular formula is C27H28N6O2. The highest BCUT2D eigenvalue weighted by Crippen LogP contribution is 2.39. The fourth-order valence-electron chi connectivity index (χ4n) is 4.90. The maximum Gasteiger partial charge on any atom is 0.256 e. The quantitative estimate of drug-likeness (QED) is 0.450. The minimum atomic E-state index is 0.0227. The molecule has 2 aromatic heterocycles. The van der Waals surface area contributed by atoms with Gasteiger partial charge in [0, 0.05) is 24.2 Å². The van der Waals surface area contributed by atoms with Crippen LogP contribution in [0.25, 0.3) is 33.6 Å². The standard InChI is InChI=1S/C27H28N6O2/c1-17-23(27(34)33-15-7-4-8-16-33)24(25(35-3)18(2)28-17)20-13-11-19(12-14-20)21-9-5-6-10-22(21)26-29-31-32-30-26/h5-6,9-14H,4,7-8,15-16H2,1-3H3,(H,29,30,31,32). The molecule has 0 unspecified atom stereocenters. The van der Waals surface area contributed by atoms with Crippen molar-refractivity contribution in [3.63, 3.8) is 0 Å². The molecule has 0 aliphatic carbocycles. The maximum absolute atomic E-state index is 13.7. The van der Waals surface area contributed by atoms with Crippen LogP contribution in [0.2, 0.25) is 0 Å². The Hall–Kier alpha value is -4.07. The summed E-state index contributed by atoms with van der Waals surface area (Å²) in [6.45, 7) is 5.38. The molecule has 1 amide bonds. The second-order valence-corrected chi connectivity index (χ2v) is 8.78. The van der Waals surface area contributed by atoms with Gasteiger partial charge in [0.1, 0.15) is 5.75 Å². The van der Waals surface area contributed by atoms with Gasteiger partial charge in [-0.3, -0.25) is 9.78 Å². The molecule has 3 heterocycles. The number of carbonyl (C=O) groups is 1. The van der Waals surface area contributed by atoms with E-state index in [1.54, 1.807) is 7.11 Å². The van der Waals surface area contributed by atoms with Crippen molar-refractivity contribution in [3.05, 3.63) is 65.5 Å². The van der Waals surface area contributed by atoms with Crippen LogP contribution in [0.15, 0.2) is 48.5 Å². The second-order valence-electron chi connectivity index (χ2n) is 8.78. The highest BCUT2D eigenvalue weighted by molar-refractivity contribution is 6.03. The Morgan fingerprint density at radius 2 is 1.60 bits per heavy atom. The van der Waals surface area contributed by atoms with Crippen molar-refractivity contribution >= 4 is 5.91 Å². The third kappa shape index (κ3) is 4.27. The summed E-state index contributed by atoms with van der Waals surface area (Å²) in [6, 6.07) is 16.1. The molecular weight excluding hydrogens is 440 g/mol. The number of carbonyl (C=O) groups excluding carboxylic acids is 1. The molecule has 8 nitrogen and oxygen atoms in total. The highest BCUT2D eigenvalue weighted by atomic mass is 16.5. The minimum Gasteiger partial charge on any atom is -0.494 e. The van der Waals surface area contributed by atoms with Crippen molar-refractivity contribution in [2.24, 2.45) is 0 Å². The van der Waals surface area contributed by atoms with Gasteiger partial charge in [-0.1, -0.05) is 48.5 Å². The Labute approximate surface area is 204 Å². The summed E-state index contributed by atoms with van der Waals surface area (Å²) in [5.74, 6) is 1.20. The monoisotopic (exact) mass is 468 g/mol. The average molecular weight is 469 g/mol. The molecule has 8 heteroatoms. The molecule has 1 saturated heterocycles. The van der Waals surface area contributed by atoms with Crippen LogP contribution in [-0.4, -0.2) is 56.6 Å². The van der Waals surface area contributed by atoms with E-state index in [4.69, 9.17) is 4.74 Å². The van der Waals surface area contributed by atoms with E-state index in [2.05, 4.69) is 25.6 Å². The maximum atomic E-state index is 13.7. The summed E-state index contributed by atoms with van der Waals surface area (Å²) < 4.78 is 5.79. The number of aryl methyl sites for hydroxylation is 2. The van der Waals surface area contributed by atoms with E-state index >= 15 is 0 Å². The number of hydrogen-bond donors (Lipinski definition) is 1. The van der Waals surface area contributed by atoms with Gasteiger partial charge in [-0.25, -0.2) is 0 Å². The summed E-state index contributed by atoms with van der Waals surface area (Å²) >= 11 is 0. The molecule has 0 atom stereocenters. The molecule has 1 aliphatic heterocycles. The summed E-state index contributed by atoms with van der Waals surface area (Å²) in [6.07, 6.45) is 3.23. The average Bonchev–Trinajstić information content (AvgIpc) is 3.44. The zero-order chi connectivity index (χ0) is 24.4. The molecule has 1 aliphatic rings. The highest BCUT2D eigenvalue weighted by Gasteiger charge is 2.27. The lowest BCUT2D eigenvalue weighted by Gasteiger charge is -2.28. The summed E-state index contributed by atoms with van der Waals surface area (Å²) in [5.41, 5.74) is 6.72. The molecule has 0 spiro atoms. The van der Waals surface area contributed by atoms with E-state index in [1.165, 1.54) is 0 Å². The topological polar surface area (TPSA) is 96.9 Å². The molecule has 35 heavy (non-hydrogen) atoms. The summed E-state index contributed by atoms with van der Waals surface area (Å²) in [5, 5.41) is 14.5. The van der Waals surface area contributed by atoms with Crippen molar-refractivity contribution in [1.82, 2.24) is 30.5 Å². The molecule has 0 saturated carbocycles. The van der Waals surface area contributed by atoms with Gasteiger partial charge in [-0.05, 0) is 55.0 Å². The van der Waals surface area contributed by atoms with Gasteiger partial charge in [0.05, 0.1) is 24.1 Å². The van der Waals surface area contributed by atoms with Crippen LogP contribution >= 0.6 is 0 Å². The number of nitrogens with one attached hydrogen (secondary N) is 1. The van der Waals surface area contributed by atoms with E-state index in [9.17, 15) is 4.79 Å². The molecule has 0 bridgehead atoms. The number of amides is 1. The number of tetrazole rings is 1. The van der Waals surface area contributed by atoms with Gasteiger partial charge in [0.15, 0.2) is 0 Å². The van der Waals surface area contributed by atoms with Crippen LogP contribution in [0, 0.1) is 13.8 Å². The smallest absolute Gasteiger partial charge is 0.256 e. The second kappa shape index (κ2) is 9.66. The Balaban J connectivity index is 1.60. The number of aromatic amines is 1. The van der Waals surface area contributed by atoms with Gasteiger partial charge in [-0.15, -0.1) is 10.2 Å². The van der Waals surface area contributed by atoms with Gasteiger partial charge in [0.25, 0.3) is 5.91 Å². The van der Waals surface area contributed by atoms with Gasteiger partial charge < -0.3 is 9.64 Å². The largest absolute Gasteiger partial charge is 0.494 e. The zero-order valence-corrected chi connectivity index (χ0v) is 20.2. The van der Waals surface area contributed by atoms with Gasteiger partial charge in [0.2, 0.25) is 5.82 Å². The number of benzene rings is 2. The Kier molecular flexibility index (Phi) is 6.27. The van der Waals surface area contributed by atoms with Crippen LogP contribution in [-0.2, 0) is 0 Å². The minimum absolute atomic E-state index is 0.0227. The number of hydrogen-bond acceptors (Lipinski definition) is 6. The molecule has 4 aromatic rings. The normalized spacial score (nSPS) is 13.6. The zero-order valence-electron chi connectivity index (χ0n) is 20.2. The van der Waals surface area contributed by atoms with Crippen molar-refractivity contribution in [2.75, 3.05) is 20.2 Å². The molecule has 178 valence electrons. The number of H-pyrrole nitrogens is 1. The predicted octanol–water partition coefficient (Wildman–Crippen LogP) is 4.85. The third-order valence-corrected chi connectivity index (χ3v) is 6.56.